The van der Waals surface area contributed by atoms with Gasteiger partial charge in [-0.15, -0.1) is 0 Å². The molecule has 0 atom stereocenters. The predicted molar refractivity (Wildman–Crippen MR) is 95.0 cm³/mol. The molecule has 1 aromatic rings. The van der Waals surface area contributed by atoms with Crippen molar-refractivity contribution < 1.29 is 9.12 Å². The summed E-state index contributed by atoms with van der Waals surface area (Å²) in [7, 11) is 0. The van der Waals surface area contributed by atoms with E-state index in [2.05, 4.69) is 0 Å². The minimum atomic E-state index is -0.546. The molecule has 0 N–H and O–H groups in total. The summed E-state index contributed by atoms with van der Waals surface area (Å²) < 4.78 is 13.6. The summed E-state index contributed by atoms with van der Waals surface area (Å²) in [5.41, 5.74) is 1.15. The van der Waals surface area contributed by atoms with Crippen molar-refractivity contribution in [1.82, 2.24) is 0 Å². The first kappa shape index (κ1) is 18.4. The molecule has 0 aliphatic rings. The third-order valence-corrected chi connectivity index (χ3v) is 2.87. The van der Waals surface area contributed by atoms with Crippen LogP contribution in [0.1, 0.15) is 26.0 Å². The lowest BCUT2D eigenvalue weighted by Gasteiger charge is -2.04. The second kappa shape index (κ2) is 11.0. The van der Waals surface area contributed by atoms with Crippen LogP contribution in [0.15, 0.2) is 85.2 Å². The third-order valence-electron chi connectivity index (χ3n) is 2.87. The van der Waals surface area contributed by atoms with Crippen LogP contribution in [0, 0.1) is 11.0 Å². The molecule has 0 saturated heterocycles. The summed E-state index contributed by atoms with van der Waals surface area (Å²) in [6, 6.07) is 2.76. The van der Waals surface area contributed by atoms with Crippen molar-refractivity contribution >= 4 is 5.57 Å². The van der Waals surface area contributed by atoms with Crippen LogP contribution in [0.2, 0.25) is 0 Å². The van der Waals surface area contributed by atoms with Crippen LogP contribution in [-0.2, 0) is 0 Å². The van der Waals surface area contributed by atoms with Crippen molar-refractivity contribution in [3.05, 3.63) is 102 Å². The van der Waals surface area contributed by atoms with Crippen LogP contribution in [0.3, 0.4) is 0 Å². The maximum atomic E-state index is 13.0. The van der Waals surface area contributed by atoms with Crippen molar-refractivity contribution in [2.45, 2.75) is 20.3 Å². The Labute approximate surface area is 137 Å². The molecule has 0 aliphatic heterocycles. The average Bonchev–Trinajstić information content (AvgIpc) is 2.52. The van der Waals surface area contributed by atoms with Gasteiger partial charge in [-0.05, 0) is 32.4 Å². The Hall–Kier alpha value is -2.68. The molecule has 0 unspecified atom stereocenters. The summed E-state index contributed by atoms with van der Waals surface area (Å²) in [6.07, 6.45) is 23.0. The Morgan fingerprint density at radius 2 is 1.78 bits per heavy atom. The zero-order valence-electron chi connectivity index (χ0n) is 13.5. The zero-order chi connectivity index (χ0) is 16.9. The Kier molecular flexibility index (Phi) is 8.76. The van der Waals surface area contributed by atoms with E-state index in [1.165, 1.54) is 12.1 Å². The van der Waals surface area contributed by atoms with Gasteiger partial charge in [0.25, 0.3) is 0 Å². The fourth-order valence-electron chi connectivity index (χ4n) is 1.81. The summed E-state index contributed by atoms with van der Waals surface area (Å²) >= 11 is 0. The van der Waals surface area contributed by atoms with Crippen molar-refractivity contribution in [2.24, 2.45) is 0 Å². The van der Waals surface area contributed by atoms with Gasteiger partial charge >= 0.3 is 0 Å². The number of allylic oxidation sites excluding steroid dienone is 12. The van der Waals surface area contributed by atoms with E-state index >= 15 is 0 Å². The van der Waals surface area contributed by atoms with Crippen molar-refractivity contribution in [1.29, 1.82) is 0 Å². The lowest BCUT2D eigenvalue weighted by molar-refractivity contribution is -0.609. The first-order valence-corrected chi connectivity index (χ1v) is 7.52. The normalized spacial score (nSPS) is 13.6. The number of nitrogens with zero attached hydrogens (tertiary/aromatic N) is 1. The van der Waals surface area contributed by atoms with E-state index in [-0.39, 0.29) is 0 Å². The molecular weight excluding hydrogens is 289 g/mol. The van der Waals surface area contributed by atoms with E-state index in [0.717, 1.165) is 18.2 Å². The highest BCUT2D eigenvalue weighted by Crippen LogP contribution is 2.12. The van der Waals surface area contributed by atoms with Crippen LogP contribution in [0.4, 0.5) is 4.39 Å². The minimum Gasteiger partial charge on any atom is -0.618 e. The molecule has 0 amide bonds. The van der Waals surface area contributed by atoms with Gasteiger partial charge in [0.15, 0.2) is 5.82 Å². The molecular formula is C20H22FNO. The van der Waals surface area contributed by atoms with E-state index in [1.54, 1.807) is 0 Å². The monoisotopic (exact) mass is 311 g/mol. The molecule has 1 aromatic heterocycles. The Balaban J connectivity index is 2.74. The highest BCUT2D eigenvalue weighted by atomic mass is 19.1. The Morgan fingerprint density at radius 3 is 2.48 bits per heavy atom. The lowest BCUT2D eigenvalue weighted by Crippen LogP contribution is -2.31. The average molecular weight is 311 g/mol. The molecule has 2 nitrogen and oxygen atoms in total. The first-order chi connectivity index (χ1) is 11.2. The standard InChI is InChI=1S/C20H22FNO/c1-3-5-6-7-8-9-10-11-12-14-18(13-4-2)20-16-15-19(21)17-22(20)23/h3-9,11-17H,10H2,1-2H3. The number of pyridine rings is 1. The summed E-state index contributed by atoms with van der Waals surface area (Å²) in [5, 5.41) is 11.8. The molecule has 0 aliphatic carbocycles. The van der Waals surface area contributed by atoms with Gasteiger partial charge < -0.3 is 5.21 Å². The SMILES string of the molecule is CC=CC=CC=CCC=CC=C(C=CC)c1ccc(F)c[n+]1[O-]. The minimum absolute atomic E-state index is 0.416. The number of rotatable bonds is 7. The first-order valence-electron chi connectivity index (χ1n) is 7.52. The molecule has 0 fully saturated rings. The highest BCUT2D eigenvalue weighted by Gasteiger charge is 2.09. The molecule has 0 bridgehead atoms. The van der Waals surface area contributed by atoms with Gasteiger partial charge in [0.2, 0.25) is 11.9 Å². The van der Waals surface area contributed by atoms with Crippen LogP contribution in [-0.4, -0.2) is 0 Å². The van der Waals surface area contributed by atoms with E-state index in [1.807, 2.05) is 80.7 Å². The van der Waals surface area contributed by atoms with Crippen molar-refractivity contribution in [3.63, 3.8) is 0 Å². The largest absolute Gasteiger partial charge is 0.618 e. The molecule has 120 valence electrons. The molecule has 0 saturated carbocycles. The maximum Gasteiger partial charge on any atom is 0.223 e. The number of aromatic nitrogens is 1. The fraction of sp³-hybridized carbons (Fsp3) is 0.150. The molecule has 3 heteroatoms. The molecule has 1 heterocycles. The van der Waals surface area contributed by atoms with Gasteiger partial charge in [0.1, 0.15) is 0 Å². The summed E-state index contributed by atoms with van der Waals surface area (Å²) in [4.78, 5) is 0. The predicted octanol–water partition coefficient (Wildman–Crippen LogP) is 5.05. The fourth-order valence-corrected chi connectivity index (χ4v) is 1.81. The van der Waals surface area contributed by atoms with E-state index in [4.69, 9.17) is 0 Å². The topological polar surface area (TPSA) is 26.9 Å². The number of hydrogen-bond donors (Lipinski definition) is 0. The van der Waals surface area contributed by atoms with Crippen LogP contribution in [0.5, 0.6) is 0 Å². The lowest BCUT2D eigenvalue weighted by atomic mass is 10.1. The second-order valence-electron chi connectivity index (χ2n) is 4.68. The van der Waals surface area contributed by atoms with E-state index in [9.17, 15) is 9.60 Å². The van der Waals surface area contributed by atoms with Crippen LogP contribution >= 0.6 is 0 Å². The Bertz CT molecular complexity index is 664. The van der Waals surface area contributed by atoms with Gasteiger partial charge in [-0.1, -0.05) is 60.8 Å². The van der Waals surface area contributed by atoms with Gasteiger partial charge in [0, 0.05) is 11.6 Å². The zero-order valence-corrected chi connectivity index (χ0v) is 13.5. The van der Waals surface area contributed by atoms with Crippen LogP contribution < -0.4 is 4.73 Å². The molecule has 0 aromatic carbocycles. The molecule has 1 rings (SSSR count). The number of halogens is 1. The maximum absolute atomic E-state index is 13.0. The van der Waals surface area contributed by atoms with Crippen LogP contribution in [0.25, 0.3) is 5.57 Å². The Morgan fingerprint density at radius 1 is 1.04 bits per heavy atom. The smallest absolute Gasteiger partial charge is 0.223 e. The second-order valence-corrected chi connectivity index (χ2v) is 4.68. The molecule has 0 radical (unpaired) electrons. The van der Waals surface area contributed by atoms with Gasteiger partial charge in [-0.2, -0.15) is 4.73 Å². The van der Waals surface area contributed by atoms with E-state index in [0.29, 0.717) is 10.4 Å². The molecule has 23 heavy (non-hydrogen) atoms. The highest BCUT2D eigenvalue weighted by molar-refractivity contribution is 5.71. The van der Waals surface area contributed by atoms with Crippen molar-refractivity contribution in [3.8, 4) is 0 Å². The summed E-state index contributed by atoms with van der Waals surface area (Å²) in [6.45, 7) is 3.84. The van der Waals surface area contributed by atoms with Crippen molar-refractivity contribution in [2.75, 3.05) is 0 Å². The van der Waals surface area contributed by atoms with Gasteiger partial charge in [-0.25, -0.2) is 4.39 Å². The third kappa shape index (κ3) is 7.23. The van der Waals surface area contributed by atoms with Gasteiger partial charge in [-0.3, -0.25) is 0 Å². The van der Waals surface area contributed by atoms with E-state index < -0.39 is 5.82 Å². The molecule has 0 spiro atoms. The quantitative estimate of drug-likeness (QED) is 0.393. The number of hydrogen-bond acceptors (Lipinski definition) is 1. The summed E-state index contributed by atoms with van der Waals surface area (Å²) in [5.74, 6) is -0.546. The van der Waals surface area contributed by atoms with Gasteiger partial charge in [0.05, 0.1) is 0 Å².